The zero-order valence-electron chi connectivity index (χ0n) is 9.72. The number of nitrogens with two attached hydrogens (primary N) is 1. The number of hydrogen-bond donors (Lipinski definition) is 2. The fourth-order valence-corrected chi connectivity index (χ4v) is 2.48. The monoisotopic (exact) mass is 241 g/mol. The molecule has 0 amide bonds. The van der Waals surface area contributed by atoms with Crippen molar-refractivity contribution in [2.45, 2.75) is 17.4 Å². The molecule has 0 aliphatic heterocycles. The number of methoxy groups -OCH3 is 1. The highest BCUT2D eigenvalue weighted by molar-refractivity contribution is 8.00. The van der Waals surface area contributed by atoms with Gasteiger partial charge in [-0.05, 0) is 17.7 Å². The fraction of sp³-hybridized carbons (Fsp3) is 0.500. The molecule has 1 aromatic carbocycles. The lowest BCUT2D eigenvalue weighted by Crippen LogP contribution is -2.14. The molecule has 90 valence electrons. The van der Waals surface area contributed by atoms with Gasteiger partial charge in [0.15, 0.2) is 0 Å². The minimum Gasteiger partial charge on any atom is -0.497 e. The summed E-state index contributed by atoms with van der Waals surface area (Å²) in [6.07, 6.45) is 0. The summed E-state index contributed by atoms with van der Waals surface area (Å²) in [6, 6.07) is 7.91. The Morgan fingerprint density at radius 1 is 1.38 bits per heavy atom. The lowest BCUT2D eigenvalue weighted by atomic mass is 10.1. The second kappa shape index (κ2) is 6.78. The molecule has 3 N–H and O–H groups in total. The van der Waals surface area contributed by atoms with Crippen LogP contribution in [-0.2, 0) is 0 Å². The van der Waals surface area contributed by atoms with Crippen LogP contribution >= 0.6 is 11.8 Å². The number of aliphatic hydroxyl groups is 1. The highest BCUT2D eigenvalue weighted by Gasteiger charge is 2.13. The van der Waals surface area contributed by atoms with Crippen molar-refractivity contribution in [2.24, 2.45) is 5.73 Å². The molecule has 3 nitrogen and oxygen atoms in total. The first-order chi connectivity index (χ1) is 7.71. The molecule has 16 heavy (non-hydrogen) atoms. The summed E-state index contributed by atoms with van der Waals surface area (Å²) in [5.41, 5.74) is 6.92. The largest absolute Gasteiger partial charge is 0.497 e. The summed E-state index contributed by atoms with van der Waals surface area (Å²) in [4.78, 5) is 0. The van der Waals surface area contributed by atoms with Crippen LogP contribution in [0.3, 0.4) is 0 Å². The lowest BCUT2D eigenvalue weighted by molar-refractivity contribution is 0.300. The molecule has 0 aromatic heterocycles. The van der Waals surface area contributed by atoms with Crippen molar-refractivity contribution in [3.8, 4) is 5.75 Å². The molecule has 2 unspecified atom stereocenters. The van der Waals surface area contributed by atoms with Gasteiger partial charge < -0.3 is 15.6 Å². The van der Waals surface area contributed by atoms with E-state index in [4.69, 9.17) is 15.6 Å². The maximum absolute atomic E-state index is 9.03. The van der Waals surface area contributed by atoms with Gasteiger partial charge in [0.25, 0.3) is 0 Å². The van der Waals surface area contributed by atoms with Gasteiger partial charge in [-0.15, -0.1) is 11.8 Å². The van der Waals surface area contributed by atoms with Gasteiger partial charge in [0.1, 0.15) is 5.75 Å². The molecule has 0 bridgehead atoms. The van der Waals surface area contributed by atoms with Crippen LogP contribution in [0.4, 0.5) is 0 Å². The smallest absolute Gasteiger partial charge is 0.118 e. The van der Waals surface area contributed by atoms with Gasteiger partial charge in [-0.25, -0.2) is 0 Å². The van der Waals surface area contributed by atoms with Crippen LogP contribution in [0.1, 0.15) is 17.7 Å². The molecule has 1 aromatic rings. The van der Waals surface area contributed by atoms with E-state index in [-0.39, 0.29) is 17.1 Å². The van der Waals surface area contributed by atoms with Crippen LogP contribution in [0.25, 0.3) is 0 Å². The third kappa shape index (κ3) is 3.70. The minimum absolute atomic E-state index is 0.178. The predicted octanol–water partition coefficient (Wildman–Crippen LogP) is 1.81. The lowest BCUT2D eigenvalue weighted by Gasteiger charge is -2.18. The number of rotatable bonds is 6. The Bertz CT molecular complexity index is 302. The maximum atomic E-state index is 9.03. The molecule has 1 rings (SSSR count). The number of ether oxygens (including phenoxy) is 1. The van der Waals surface area contributed by atoms with Gasteiger partial charge in [0.2, 0.25) is 0 Å². The van der Waals surface area contributed by atoms with Crippen molar-refractivity contribution in [3.05, 3.63) is 29.8 Å². The summed E-state index contributed by atoms with van der Waals surface area (Å²) in [7, 11) is 1.65. The van der Waals surface area contributed by atoms with E-state index in [1.54, 1.807) is 18.9 Å². The van der Waals surface area contributed by atoms with E-state index < -0.39 is 0 Å². The fourth-order valence-electron chi connectivity index (χ4n) is 1.41. The summed E-state index contributed by atoms with van der Waals surface area (Å²) in [6.45, 7) is 2.75. The van der Waals surface area contributed by atoms with Crippen molar-refractivity contribution >= 4 is 11.8 Å². The van der Waals surface area contributed by atoms with E-state index in [0.29, 0.717) is 6.54 Å². The Morgan fingerprint density at radius 2 is 2.00 bits per heavy atom. The Labute approximate surface area is 101 Å². The second-order valence-corrected chi connectivity index (χ2v) is 5.27. The average Bonchev–Trinajstić information content (AvgIpc) is 2.35. The van der Waals surface area contributed by atoms with Crippen LogP contribution in [0.2, 0.25) is 0 Å². The summed E-state index contributed by atoms with van der Waals surface area (Å²) in [5, 5.41) is 9.46. The van der Waals surface area contributed by atoms with E-state index in [2.05, 4.69) is 0 Å². The SMILES string of the molecule is COc1ccc(C(CN)SC(C)CO)cc1. The van der Waals surface area contributed by atoms with E-state index in [1.165, 1.54) is 5.56 Å². The van der Waals surface area contributed by atoms with Crippen LogP contribution < -0.4 is 10.5 Å². The minimum atomic E-state index is 0.178. The van der Waals surface area contributed by atoms with Gasteiger partial charge >= 0.3 is 0 Å². The molecule has 0 fully saturated rings. The number of hydrogen-bond acceptors (Lipinski definition) is 4. The van der Waals surface area contributed by atoms with Crippen molar-refractivity contribution in [1.82, 2.24) is 0 Å². The molecule has 0 aliphatic carbocycles. The molecular weight excluding hydrogens is 222 g/mol. The second-order valence-electron chi connectivity index (χ2n) is 3.63. The first kappa shape index (κ1) is 13.4. The van der Waals surface area contributed by atoms with Gasteiger partial charge in [-0.2, -0.15) is 0 Å². The van der Waals surface area contributed by atoms with E-state index in [9.17, 15) is 0 Å². The Balaban J connectivity index is 2.70. The van der Waals surface area contributed by atoms with Crippen LogP contribution in [-0.4, -0.2) is 30.6 Å². The van der Waals surface area contributed by atoms with Crippen LogP contribution in [0.15, 0.2) is 24.3 Å². The number of thioether (sulfide) groups is 1. The molecule has 2 atom stereocenters. The Morgan fingerprint density at radius 3 is 2.44 bits per heavy atom. The summed E-state index contributed by atoms with van der Waals surface area (Å²) >= 11 is 1.70. The topological polar surface area (TPSA) is 55.5 Å². The van der Waals surface area contributed by atoms with Gasteiger partial charge in [-0.1, -0.05) is 19.1 Å². The molecule has 0 radical (unpaired) electrons. The van der Waals surface area contributed by atoms with E-state index in [1.807, 2.05) is 31.2 Å². The van der Waals surface area contributed by atoms with Gasteiger partial charge in [0.05, 0.1) is 13.7 Å². The molecular formula is C12H19NO2S. The third-order valence-corrected chi connectivity index (χ3v) is 3.76. The summed E-state index contributed by atoms with van der Waals surface area (Å²) in [5.74, 6) is 0.847. The third-order valence-electron chi connectivity index (χ3n) is 2.36. The van der Waals surface area contributed by atoms with Crippen molar-refractivity contribution < 1.29 is 9.84 Å². The molecule has 0 spiro atoms. The summed E-state index contributed by atoms with van der Waals surface area (Å²) < 4.78 is 5.11. The quantitative estimate of drug-likeness (QED) is 0.797. The number of benzene rings is 1. The molecule has 0 aliphatic rings. The zero-order valence-corrected chi connectivity index (χ0v) is 10.5. The molecule has 0 saturated carbocycles. The van der Waals surface area contributed by atoms with Crippen molar-refractivity contribution in [3.63, 3.8) is 0 Å². The highest BCUT2D eigenvalue weighted by atomic mass is 32.2. The number of aliphatic hydroxyl groups excluding tert-OH is 1. The van der Waals surface area contributed by atoms with Crippen molar-refractivity contribution in [2.75, 3.05) is 20.3 Å². The van der Waals surface area contributed by atoms with Crippen molar-refractivity contribution in [1.29, 1.82) is 0 Å². The molecule has 4 heteroatoms. The first-order valence-corrected chi connectivity index (χ1v) is 6.25. The molecule has 0 saturated heterocycles. The van der Waals surface area contributed by atoms with E-state index >= 15 is 0 Å². The highest BCUT2D eigenvalue weighted by Crippen LogP contribution is 2.31. The predicted molar refractivity (Wildman–Crippen MR) is 68.9 cm³/mol. The van der Waals surface area contributed by atoms with Crippen LogP contribution in [0, 0.1) is 0 Å². The first-order valence-electron chi connectivity index (χ1n) is 5.31. The average molecular weight is 241 g/mol. The van der Waals surface area contributed by atoms with Gasteiger partial charge in [0, 0.05) is 17.0 Å². The zero-order chi connectivity index (χ0) is 12.0. The standard InChI is InChI=1S/C12H19NO2S/c1-9(8-14)16-12(7-13)10-3-5-11(15-2)6-4-10/h3-6,9,12,14H,7-8,13H2,1-2H3. The van der Waals surface area contributed by atoms with E-state index in [0.717, 1.165) is 5.75 Å². The Hall–Kier alpha value is -0.710. The van der Waals surface area contributed by atoms with Gasteiger partial charge in [-0.3, -0.25) is 0 Å². The van der Waals surface area contributed by atoms with Crippen LogP contribution in [0.5, 0.6) is 5.75 Å². The maximum Gasteiger partial charge on any atom is 0.118 e. The molecule has 0 heterocycles. The Kier molecular flexibility index (Phi) is 5.66. The normalized spacial score (nSPS) is 14.5.